The van der Waals surface area contributed by atoms with E-state index in [0.717, 1.165) is 24.0 Å². The molecule has 0 spiro atoms. The number of hydrogen-bond acceptors (Lipinski definition) is 3. The first-order valence-corrected chi connectivity index (χ1v) is 7.89. The average molecular weight is 354 g/mol. The van der Waals surface area contributed by atoms with Gasteiger partial charge in [0.25, 0.3) is 5.91 Å². The summed E-state index contributed by atoms with van der Waals surface area (Å²) in [6, 6.07) is 7.20. The van der Waals surface area contributed by atoms with Gasteiger partial charge in [-0.25, -0.2) is 0 Å². The fourth-order valence-corrected chi connectivity index (χ4v) is 2.73. The van der Waals surface area contributed by atoms with Crippen LogP contribution in [0.5, 0.6) is 0 Å². The molecule has 2 amide bonds. The van der Waals surface area contributed by atoms with Gasteiger partial charge in [-0.05, 0) is 37.1 Å². The molecule has 0 aliphatic carbocycles. The summed E-state index contributed by atoms with van der Waals surface area (Å²) in [6.07, 6.45) is 1.05. The minimum Gasteiger partial charge on any atom is -0.350 e. The second kappa shape index (κ2) is 7.56. The van der Waals surface area contributed by atoms with Gasteiger partial charge >= 0.3 is 0 Å². The highest BCUT2D eigenvalue weighted by atomic mass is 79.9. The molecule has 21 heavy (non-hydrogen) atoms. The molecular formula is C15H20BrN3O2. The maximum atomic E-state index is 11.9. The first-order chi connectivity index (χ1) is 10.1. The lowest BCUT2D eigenvalue weighted by molar-refractivity contribution is -0.121. The van der Waals surface area contributed by atoms with E-state index in [9.17, 15) is 9.59 Å². The lowest BCUT2D eigenvalue weighted by atomic mass is 9.95. The van der Waals surface area contributed by atoms with Gasteiger partial charge in [-0.3, -0.25) is 9.59 Å². The predicted molar refractivity (Wildman–Crippen MR) is 85.1 cm³/mol. The lowest BCUT2D eigenvalue weighted by Crippen LogP contribution is -2.52. The van der Waals surface area contributed by atoms with E-state index in [1.165, 1.54) is 0 Å². The lowest BCUT2D eigenvalue weighted by Gasteiger charge is -2.30. The SMILES string of the molecule is CC1CCNCC1NC(=O)CNC(=O)c1cccc(Br)c1. The number of rotatable bonds is 4. The third kappa shape index (κ3) is 4.82. The van der Waals surface area contributed by atoms with E-state index in [4.69, 9.17) is 0 Å². The van der Waals surface area contributed by atoms with E-state index < -0.39 is 0 Å². The highest BCUT2D eigenvalue weighted by molar-refractivity contribution is 9.10. The summed E-state index contributed by atoms with van der Waals surface area (Å²) in [5.74, 6) is 0.0520. The maximum absolute atomic E-state index is 11.9. The fourth-order valence-electron chi connectivity index (χ4n) is 2.33. The van der Waals surface area contributed by atoms with Crippen LogP contribution in [0.3, 0.4) is 0 Å². The summed E-state index contributed by atoms with van der Waals surface area (Å²) in [7, 11) is 0. The van der Waals surface area contributed by atoms with Crippen molar-refractivity contribution in [3.8, 4) is 0 Å². The Bertz CT molecular complexity index is 521. The van der Waals surface area contributed by atoms with E-state index in [1.54, 1.807) is 18.2 Å². The van der Waals surface area contributed by atoms with Crippen molar-refractivity contribution >= 4 is 27.7 Å². The first-order valence-electron chi connectivity index (χ1n) is 7.10. The van der Waals surface area contributed by atoms with Gasteiger partial charge in [0.05, 0.1) is 6.54 Å². The monoisotopic (exact) mass is 353 g/mol. The zero-order chi connectivity index (χ0) is 15.2. The molecule has 5 nitrogen and oxygen atoms in total. The van der Waals surface area contributed by atoms with Crippen LogP contribution >= 0.6 is 15.9 Å². The number of hydrogen-bond donors (Lipinski definition) is 3. The summed E-state index contributed by atoms with van der Waals surface area (Å²) in [4.78, 5) is 23.8. The van der Waals surface area contributed by atoms with Gasteiger partial charge in [0.15, 0.2) is 0 Å². The number of piperidine rings is 1. The van der Waals surface area contributed by atoms with Crippen LogP contribution in [0.2, 0.25) is 0 Å². The second-order valence-electron chi connectivity index (χ2n) is 5.34. The molecular weight excluding hydrogens is 334 g/mol. The van der Waals surface area contributed by atoms with Crippen LogP contribution in [-0.2, 0) is 4.79 Å². The van der Waals surface area contributed by atoms with Crippen molar-refractivity contribution in [2.24, 2.45) is 5.92 Å². The normalized spacial score (nSPS) is 21.6. The zero-order valence-electron chi connectivity index (χ0n) is 12.0. The molecule has 1 heterocycles. The average Bonchev–Trinajstić information content (AvgIpc) is 2.47. The van der Waals surface area contributed by atoms with E-state index >= 15 is 0 Å². The molecule has 1 aromatic carbocycles. The van der Waals surface area contributed by atoms with Crippen molar-refractivity contribution in [1.82, 2.24) is 16.0 Å². The fraction of sp³-hybridized carbons (Fsp3) is 0.467. The number of benzene rings is 1. The quantitative estimate of drug-likeness (QED) is 0.763. The molecule has 3 N–H and O–H groups in total. The molecule has 1 aromatic rings. The molecule has 2 rings (SSSR count). The number of halogens is 1. The van der Waals surface area contributed by atoms with Crippen molar-refractivity contribution in [2.75, 3.05) is 19.6 Å². The van der Waals surface area contributed by atoms with Crippen LogP contribution in [0.15, 0.2) is 28.7 Å². The van der Waals surface area contributed by atoms with Crippen molar-refractivity contribution in [3.05, 3.63) is 34.3 Å². The number of carbonyl (C=O) groups excluding carboxylic acids is 2. The number of nitrogens with one attached hydrogen (secondary N) is 3. The topological polar surface area (TPSA) is 70.2 Å². The summed E-state index contributed by atoms with van der Waals surface area (Å²) in [5, 5.41) is 8.86. The molecule has 1 saturated heterocycles. The number of carbonyl (C=O) groups is 2. The van der Waals surface area contributed by atoms with Gasteiger partial charge in [0, 0.05) is 22.6 Å². The van der Waals surface area contributed by atoms with Crippen molar-refractivity contribution in [3.63, 3.8) is 0 Å². The van der Waals surface area contributed by atoms with E-state index in [0.29, 0.717) is 11.5 Å². The van der Waals surface area contributed by atoms with E-state index in [-0.39, 0.29) is 24.4 Å². The molecule has 1 aliphatic heterocycles. The molecule has 0 aromatic heterocycles. The van der Waals surface area contributed by atoms with Crippen LogP contribution in [0.1, 0.15) is 23.7 Å². The molecule has 6 heteroatoms. The molecule has 1 fully saturated rings. The van der Waals surface area contributed by atoms with Crippen LogP contribution in [0.4, 0.5) is 0 Å². The Balaban J connectivity index is 1.79. The van der Waals surface area contributed by atoms with Crippen molar-refractivity contribution in [2.45, 2.75) is 19.4 Å². The van der Waals surface area contributed by atoms with Crippen LogP contribution in [0.25, 0.3) is 0 Å². The van der Waals surface area contributed by atoms with Gasteiger partial charge in [0.2, 0.25) is 5.91 Å². The Kier molecular flexibility index (Phi) is 5.76. The molecule has 0 saturated carbocycles. The number of amides is 2. The highest BCUT2D eigenvalue weighted by Crippen LogP contribution is 2.12. The Morgan fingerprint density at radius 3 is 2.95 bits per heavy atom. The summed E-state index contributed by atoms with van der Waals surface area (Å²) in [6.45, 7) is 3.90. The van der Waals surface area contributed by atoms with Gasteiger partial charge in [-0.15, -0.1) is 0 Å². The Hall–Kier alpha value is -1.40. The van der Waals surface area contributed by atoms with Gasteiger partial charge in [-0.2, -0.15) is 0 Å². The molecule has 0 radical (unpaired) electrons. The molecule has 114 valence electrons. The maximum Gasteiger partial charge on any atom is 0.251 e. The van der Waals surface area contributed by atoms with Crippen molar-refractivity contribution < 1.29 is 9.59 Å². The molecule has 0 bridgehead atoms. The summed E-state index contributed by atoms with van der Waals surface area (Å²) in [5.41, 5.74) is 0.532. The molecule has 2 atom stereocenters. The minimum absolute atomic E-state index is 0.00539. The summed E-state index contributed by atoms with van der Waals surface area (Å²) < 4.78 is 0.835. The minimum atomic E-state index is -0.249. The summed E-state index contributed by atoms with van der Waals surface area (Å²) >= 11 is 3.32. The third-order valence-electron chi connectivity index (χ3n) is 3.67. The second-order valence-corrected chi connectivity index (χ2v) is 6.25. The van der Waals surface area contributed by atoms with Gasteiger partial charge in [0.1, 0.15) is 0 Å². The Labute approximate surface area is 133 Å². The first kappa shape index (κ1) is 16.0. The third-order valence-corrected chi connectivity index (χ3v) is 4.16. The predicted octanol–water partition coefficient (Wildman–Crippen LogP) is 1.29. The smallest absolute Gasteiger partial charge is 0.251 e. The van der Waals surface area contributed by atoms with Crippen LogP contribution in [-0.4, -0.2) is 37.5 Å². The van der Waals surface area contributed by atoms with Crippen LogP contribution in [0, 0.1) is 5.92 Å². The zero-order valence-corrected chi connectivity index (χ0v) is 13.6. The van der Waals surface area contributed by atoms with E-state index in [1.807, 2.05) is 6.07 Å². The van der Waals surface area contributed by atoms with Gasteiger partial charge in [-0.1, -0.05) is 28.9 Å². The Morgan fingerprint density at radius 1 is 1.43 bits per heavy atom. The van der Waals surface area contributed by atoms with Crippen LogP contribution < -0.4 is 16.0 Å². The standard InChI is InChI=1S/C15H20BrN3O2/c1-10-5-6-17-8-13(10)19-14(20)9-18-15(21)11-3-2-4-12(16)7-11/h2-4,7,10,13,17H,5-6,8-9H2,1H3,(H,18,21)(H,19,20). The van der Waals surface area contributed by atoms with Crippen molar-refractivity contribution in [1.29, 1.82) is 0 Å². The molecule has 1 aliphatic rings. The van der Waals surface area contributed by atoms with E-state index in [2.05, 4.69) is 38.8 Å². The largest absolute Gasteiger partial charge is 0.350 e. The Morgan fingerprint density at radius 2 is 2.24 bits per heavy atom. The van der Waals surface area contributed by atoms with Gasteiger partial charge < -0.3 is 16.0 Å². The highest BCUT2D eigenvalue weighted by Gasteiger charge is 2.22. The molecule has 2 unspecified atom stereocenters.